The molecular formula is C14H21NO4. The standard InChI is InChI=1S/C14H21NO4/c1-2-19-14(18)11-8-9-15(13(17)12(11)16)10-6-4-3-5-7-10/h10-11H,2-9H2,1H3. The maximum absolute atomic E-state index is 12.1. The average molecular weight is 267 g/mol. The van der Waals surface area contributed by atoms with Crippen molar-refractivity contribution in [3.05, 3.63) is 0 Å². The molecule has 0 aromatic rings. The average Bonchev–Trinajstić information content (AvgIpc) is 2.43. The third kappa shape index (κ3) is 2.96. The molecule has 0 aromatic heterocycles. The highest BCUT2D eigenvalue weighted by atomic mass is 16.5. The van der Waals surface area contributed by atoms with Crippen molar-refractivity contribution in [3.63, 3.8) is 0 Å². The van der Waals surface area contributed by atoms with Crippen molar-refractivity contribution in [2.75, 3.05) is 13.2 Å². The Hall–Kier alpha value is -1.39. The van der Waals surface area contributed by atoms with Crippen molar-refractivity contribution in [2.24, 2.45) is 5.92 Å². The molecule has 19 heavy (non-hydrogen) atoms. The molecule has 1 saturated heterocycles. The van der Waals surface area contributed by atoms with Crippen LogP contribution < -0.4 is 0 Å². The van der Waals surface area contributed by atoms with Gasteiger partial charge in [-0.25, -0.2) is 0 Å². The molecule has 1 aliphatic heterocycles. The van der Waals surface area contributed by atoms with Crippen LogP contribution in [0.3, 0.4) is 0 Å². The van der Waals surface area contributed by atoms with E-state index < -0.39 is 23.6 Å². The molecule has 1 heterocycles. The van der Waals surface area contributed by atoms with E-state index in [1.165, 1.54) is 6.42 Å². The molecule has 1 amide bonds. The van der Waals surface area contributed by atoms with Gasteiger partial charge in [0.05, 0.1) is 6.61 Å². The molecule has 2 fully saturated rings. The number of carbonyl (C=O) groups excluding carboxylic acids is 3. The van der Waals surface area contributed by atoms with Crippen molar-refractivity contribution in [1.29, 1.82) is 0 Å². The second-order valence-corrected chi connectivity index (χ2v) is 5.25. The number of rotatable bonds is 3. The fourth-order valence-corrected chi connectivity index (χ4v) is 3.00. The number of carbonyl (C=O) groups is 3. The van der Waals surface area contributed by atoms with Crippen molar-refractivity contribution in [1.82, 2.24) is 4.90 Å². The van der Waals surface area contributed by atoms with Gasteiger partial charge in [0.2, 0.25) is 5.78 Å². The summed E-state index contributed by atoms with van der Waals surface area (Å²) in [5, 5.41) is 0. The Morgan fingerprint density at radius 2 is 1.89 bits per heavy atom. The number of piperidine rings is 1. The first-order valence-corrected chi connectivity index (χ1v) is 7.16. The molecule has 2 rings (SSSR count). The molecular weight excluding hydrogens is 246 g/mol. The van der Waals surface area contributed by atoms with Crippen molar-refractivity contribution in [3.8, 4) is 0 Å². The third-order valence-electron chi connectivity index (χ3n) is 4.03. The maximum atomic E-state index is 12.1. The zero-order valence-electron chi connectivity index (χ0n) is 11.4. The molecule has 2 aliphatic rings. The van der Waals surface area contributed by atoms with Gasteiger partial charge < -0.3 is 9.64 Å². The highest BCUT2D eigenvalue weighted by Gasteiger charge is 2.42. The summed E-state index contributed by atoms with van der Waals surface area (Å²) >= 11 is 0. The normalized spacial score (nSPS) is 25.5. The summed E-state index contributed by atoms with van der Waals surface area (Å²) in [5.74, 6) is -2.51. The Balaban J connectivity index is 2.00. The molecule has 0 spiro atoms. The Bertz CT molecular complexity index is 374. The monoisotopic (exact) mass is 267 g/mol. The lowest BCUT2D eigenvalue weighted by atomic mass is 9.89. The minimum atomic E-state index is -0.882. The summed E-state index contributed by atoms with van der Waals surface area (Å²) in [6.45, 7) is 2.43. The van der Waals surface area contributed by atoms with Crippen LogP contribution in [0.25, 0.3) is 0 Å². The molecule has 106 valence electrons. The zero-order valence-corrected chi connectivity index (χ0v) is 11.4. The molecule has 0 bridgehead atoms. The largest absolute Gasteiger partial charge is 0.465 e. The van der Waals surface area contributed by atoms with Gasteiger partial charge in [-0.3, -0.25) is 14.4 Å². The predicted molar refractivity (Wildman–Crippen MR) is 68.3 cm³/mol. The maximum Gasteiger partial charge on any atom is 0.317 e. The summed E-state index contributed by atoms with van der Waals surface area (Å²) in [6.07, 6.45) is 5.79. The molecule has 1 saturated carbocycles. The van der Waals surface area contributed by atoms with Crippen LogP contribution >= 0.6 is 0 Å². The molecule has 1 atom stereocenters. The van der Waals surface area contributed by atoms with E-state index in [2.05, 4.69) is 0 Å². The van der Waals surface area contributed by atoms with Crippen LogP contribution in [0.5, 0.6) is 0 Å². The van der Waals surface area contributed by atoms with Crippen LogP contribution in [0.1, 0.15) is 45.4 Å². The molecule has 0 N–H and O–H groups in total. The van der Waals surface area contributed by atoms with Crippen molar-refractivity contribution >= 4 is 17.7 Å². The Labute approximate surface area is 113 Å². The summed E-state index contributed by atoms with van der Waals surface area (Å²) in [5.41, 5.74) is 0. The Kier molecular flexibility index (Phi) is 4.56. The van der Waals surface area contributed by atoms with Gasteiger partial charge in [-0.05, 0) is 26.2 Å². The van der Waals surface area contributed by atoms with Gasteiger partial charge in [-0.15, -0.1) is 0 Å². The minimum absolute atomic E-state index is 0.188. The second kappa shape index (κ2) is 6.17. The Morgan fingerprint density at radius 3 is 2.53 bits per heavy atom. The highest BCUT2D eigenvalue weighted by molar-refractivity contribution is 6.40. The predicted octanol–water partition coefficient (Wildman–Crippen LogP) is 1.30. The van der Waals surface area contributed by atoms with Gasteiger partial charge >= 0.3 is 5.97 Å². The van der Waals surface area contributed by atoms with Gasteiger partial charge in [0, 0.05) is 12.6 Å². The summed E-state index contributed by atoms with van der Waals surface area (Å²) < 4.78 is 4.85. The number of Topliss-reactive ketones (excluding diaryl/α,β-unsaturated/α-hetero) is 1. The van der Waals surface area contributed by atoms with E-state index in [-0.39, 0.29) is 12.6 Å². The number of hydrogen-bond acceptors (Lipinski definition) is 4. The minimum Gasteiger partial charge on any atom is -0.465 e. The SMILES string of the molecule is CCOC(=O)C1CCN(C2CCCCC2)C(=O)C1=O. The third-order valence-corrected chi connectivity index (χ3v) is 4.03. The molecule has 0 radical (unpaired) electrons. The van der Waals surface area contributed by atoms with Crippen LogP contribution in [0.4, 0.5) is 0 Å². The number of amides is 1. The fraction of sp³-hybridized carbons (Fsp3) is 0.786. The van der Waals surface area contributed by atoms with Gasteiger partial charge in [-0.2, -0.15) is 0 Å². The fourth-order valence-electron chi connectivity index (χ4n) is 3.00. The highest BCUT2D eigenvalue weighted by Crippen LogP contribution is 2.27. The number of nitrogens with zero attached hydrogens (tertiary/aromatic N) is 1. The number of hydrogen-bond donors (Lipinski definition) is 0. The van der Waals surface area contributed by atoms with E-state index >= 15 is 0 Å². The number of ether oxygens (including phenoxy) is 1. The van der Waals surface area contributed by atoms with E-state index in [0.29, 0.717) is 13.0 Å². The van der Waals surface area contributed by atoms with Crippen LogP contribution in [-0.4, -0.2) is 41.8 Å². The quantitative estimate of drug-likeness (QED) is 0.439. The van der Waals surface area contributed by atoms with E-state index in [1.807, 2.05) is 0 Å². The number of likely N-dealkylation sites (tertiary alicyclic amines) is 1. The molecule has 0 aromatic carbocycles. The van der Waals surface area contributed by atoms with Gasteiger partial charge in [-0.1, -0.05) is 19.3 Å². The van der Waals surface area contributed by atoms with E-state index in [4.69, 9.17) is 4.74 Å². The first-order valence-electron chi connectivity index (χ1n) is 7.16. The smallest absolute Gasteiger partial charge is 0.317 e. The summed E-state index contributed by atoms with van der Waals surface area (Å²) in [7, 11) is 0. The lowest BCUT2D eigenvalue weighted by Gasteiger charge is -2.37. The summed E-state index contributed by atoms with van der Waals surface area (Å²) in [4.78, 5) is 37.4. The lowest BCUT2D eigenvalue weighted by molar-refractivity contribution is -0.162. The van der Waals surface area contributed by atoms with E-state index in [1.54, 1.807) is 11.8 Å². The van der Waals surface area contributed by atoms with Crippen molar-refractivity contribution < 1.29 is 19.1 Å². The zero-order chi connectivity index (χ0) is 13.8. The lowest BCUT2D eigenvalue weighted by Crippen LogP contribution is -2.53. The van der Waals surface area contributed by atoms with Crippen LogP contribution in [-0.2, 0) is 19.1 Å². The second-order valence-electron chi connectivity index (χ2n) is 5.25. The van der Waals surface area contributed by atoms with Crippen LogP contribution in [0.15, 0.2) is 0 Å². The number of ketones is 1. The molecule has 5 nitrogen and oxygen atoms in total. The molecule has 5 heteroatoms. The van der Waals surface area contributed by atoms with Crippen molar-refractivity contribution in [2.45, 2.75) is 51.5 Å². The Morgan fingerprint density at radius 1 is 1.21 bits per heavy atom. The number of esters is 1. The topological polar surface area (TPSA) is 63.7 Å². The van der Waals surface area contributed by atoms with Crippen LogP contribution in [0, 0.1) is 5.92 Å². The molecule has 1 aliphatic carbocycles. The van der Waals surface area contributed by atoms with E-state index in [9.17, 15) is 14.4 Å². The van der Waals surface area contributed by atoms with Gasteiger partial charge in [0.15, 0.2) is 0 Å². The first kappa shape index (κ1) is 14.0. The van der Waals surface area contributed by atoms with E-state index in [0.717, 1.165) is 25.7 Å². The summed E-state index contributed by atoms with van der Waals surface area (Å²) in [6, 6.07) is 0.188. The van der Waals surface area contributed by atoms with Gasteiger partial charge in [0.25, 0.3) is 5.91 Å². The van der Waals surface area contributed by atoms with Gasteiger partial charge in [0.1, 0.15) is 5.92 Å². The van der Waals surface area contributed by atoms with Crippen LogP contribution in [0.2, 0.25) is 0 Å². The first-order chi connectivity index (χ1) is 9.15. The molecule has 1 unspecified atom stereocenters.